The van der Waals surface area contributed by atoms with Crippen LogP contribution in [0.25, 0.3) is 0 Å². The number of hydrogen-bond donors (Lipinski definition) is 0. The summed E-state index contributed by atoms with van der Waals surface area (Å²) in [5, 5.41) is 1.04. The molecule has 1 saturated heterocycles. The minimum atomic E-state index is -0.153. The second kappa shape index (κ2) is 5.78. The van der Waals surface area contributed by atoms with Crippen LogP contribution in [0.1, 0.15) is 24.8 Å². The molecular formula is C13H17BrFN. The van der Waals surface area contributed by atoms with Gasteiger partial charge in [0.2, 0.25) is 0 Å². The standard InChI is InChI=1S/C13H17BrFN/c14-9-13-3-1-2-8-16(13)10-11-4-6-12(15)7-5-11/h4-7,13H,1-3,8-10H2. The number of likely N-dealkylation sites (tertiary alicyclic amines) is 1. The molecule has 1 unspecified atom stereocenters. The van der Waals surface area contributed by atoms with Crippen molar-refractivity contribution in [3.05, 3.63) is 35.6 Å². The van der Waals surface area contributed by atoms with Crippen molar-refractivity contribution in [3.8, 4) is 0 Å². The van der Waals surface area contributed by atoms with Gasteiger partial charge in [-0.1, -0.05) is 34.5 Å². The van der Waals surface area contributed by atoms with E-state index in [0.29, 0.717) is 6.04 Å². The van der Waals surface area contributed by atoms with Crippen LogP contribution in [0.4, 0.5) is 4.39 Å². The summed E-state index contributed by atoms with van der Waals surface area (Å²) in [5.41, 5.74) is 1.20. The largest absolute Gasteiger partial charge is 0.295 e. The summed E-state index contributed by atoms with van der Waals surface area (Å²) in [4.78, 5) is 2.49. The minimum Gasteiger partial charge on any atom is -0.295 e. The maximum atomic E-state index is 12.8. The van der Waals surface area contributed by atoms with Gasteiger partial charge in [-0.2, -0.15) is 0 Å². The van der Waals surface area contributed by atoms with Gasteiger partial charge in [-0.3, -0.25) is 4.90 Å². The molecule has 0 bridgehead atoms. The van der Waals surface area contributed by atoms with Crippen LogP contribution in [0, 0.1) is 5.82 Å². The number of rotatable bonds is 3. The van der Waals surface area contributed by atoms with E-state index in [1.54, 1.807) is 12.1 Å². The zero-order chi connectivity index (χ0) is 11.4. The summed E-state index contributed by atoms with van der Waals surface area (Å²) in [6, 6.07) is 7.49. The monoisotopic (exact) mass is 285 g/mol. The third kappa shape index (κ3) is 3.05. The maximum Gasteiger partial charge on any atom is 0.123 e. The third-order valence-electron chi connectivity index (χ3n) is 3.23. The van der Waals surface area contributed by atoms with E-state index in [-0.39, 0.29) is 5.82 Å². The summed E-state index contributed by atoms with van der Waals surface area (Å²) in [6.07, 6.45) is 3.88. The smallest absolute Gasteiger partial charge is 0.123 e. The number of benzene rings is 1. The van der Waals surface area contributed by atoms with Crippen molar-refractivity contribution in [1.29, 1.82) is 0 Å². The second-order valence-corrected chi connectivity index (χ2v) is 5.05. The molecule has 0 radical (unpaired) electrons. The van der Waals surface area contributed by atoms with Crippen molar-refractivity contribution in [2.45, 2.75) is 31.8 Å². The fourth-order valence-electron chi connectivity index (χ4n) is 2.27. The molecule has 0 aliphatic carbocycles. The van der Waals surface area contributed by atoms with E-state index in [2.05, 4.69) is 20.8 Å². The average Bonchev–Trinajstić information content (AvgIpc) is 2.33. The van der Waals surface area contributed by atoms with Gasteiger partial charge in [0.1, 0.15) is 5.82 Å². The van der Waals surface area contributed by atoms with Gasteiger partial charge in [-0.15, -0.1) is 0 Å². The summed E-state index contributed by atoms with van der Waals surface area (Å²) in [6.45, 7) is 2.10. The average molecular weight is 286 g/mol. The van der Waals surface area contributed by atoms with Crippen molar-refractivity contribution in [2.75, 3.05) is 11.9 Å². The molecule has 2 rings (SSSR count). The van der Waals surface area contributed by atoms with Crippen LogP contribution < -0.4 is 0 Å². The summed E-state index contributed by atoms with van der Waals surface area (Å²) in [5.74, 6) is -0.153. The van der Waals surface area contributed by atoms with Gasteiger partial charge in [-0.25, -0.2) is 4.39 Å². The zero-order valence-corrected chi connectivity index (χ0v) is 10.9. The number of nitrogens with zero attached hydrogens (tertiary/aromatic N) is 1. The Bertz CT molecular complexity index is 325. The predicted octanol–water partition coefficient (Wildman–Crippen LogP) is 3.58. The Morgan fingerprint density at radius 1 is 1.25 bits per heavy atom. The highest BCUT2D eigenvalue weighted by atomic mass is 79.9. The summed E-state index contributed by atoms with van der Waals surface area (Å²) < 4.78 is 12.8. The molecule has 0 saturated carbocycles. The van der Waals surface area contributed by atoms with Crippen molar-refractivity contribution >= 4 is 15.9 Å². The molecule has 3 heteroatoms. The first-order chi connectivity index (χ1) is 7.79. The number of halogens is 2. The van der Waals surface area contributed by atoms with Crippen molar-refractivity contribution in [3.63, 3.8) is 0 Å². The fraction of sp³-hybridized carbons (Fsp3) is 0.538. The number of piperidine rings is 1. The molecule has 1 aromatic rings. The lowest BCUT2D eigenvalue weighted by molar-refractivity contribution is 0.156. The normalized spacial score (nSPS) is 22.2. The predicted molar refractivity (Wildman–Crippen MR) is 68.2 cm³/mol. The van der Waals surface area contributed by atoms with Crippen LogP contribution in [-0.4, -0.2) is 22.8 Å². The van der Waals surface area contributed by atoms with Crippen LogP contribution in [0.5, 0.6) is 0 Å². The van der Waals surface area contributed by atoms with Crippen molar-refractivity contribution < 1.29 is 4.39 Å². The second-order valence-electron chi connectivity index (χ2n) is 4.40. The molecular weight excluding hydrogens is 269 g/mol. The highest BCUT2D eigenvalue weighted by molar-refractivity contribution is 9.09. The maximum absolute atomic E-state index is 12.8. The SMILES string of the molecule is Fc1ccc(CN2CCCCC2CBr)cc1. The molecule has 0 amide bonds. The first-order valence-corrected chi connectivity index (χ1v) is 6.96. The number of alkyl halides is 1. The quantitative estimate of drug-likeness (QED) is 0.768. The van der Waals surface area contributed by atoms with E-state index in [1.165, 1.54) is 24.8 Å². The van der Waals surface area contributed by atoms with Crippen LogP contribution in [0.3, 0.4) is 0 Å². The molecule has 1 aliphatic rings. The Labute approximate surface area is 105 Å². The first-order valence-electron chi connectivity index (χ1n) is 5.84. The van der Waals surface area contributed by atoms with E-state index in [4.69, 9.17) is 0 Å². The van der Waals surface area contributed by atoms with Gasteiger partial charge >= 0.3 is 0 Å². The molecule has 1 aromatic carbocycles. The van der Waals surface area contributed by atoms with Gasteiger partial charge in [-0.05, 0) is 37.1 Å². The van der Waals surface area contributed by atoms with Crippen molar-refractivity contribution in [2.24, 2.45) is 0 Å². The van der Waals surface area contributed by atoms with Crippen LogP contribution >= 0.6 is 15.9 Å². The molecule has 0 N–H and O–H groups in total. The van der Waals surface area contributed by atoms with E-state index in [9.17, 15) is 4.39 Å². The topological polar surface area (TPSA) is 3.24 Å². The highest BCUT2D eigenvalue weighted by Crippen LogP contribution is 2.21. The van der Waals surface area contributed by atoms with Gasteiger partial charge in [0.05, 0.1) is 0 Å². The molecule has 88 valence electrons. The summed E-state index contributed by atoms with van der Waals surface area (Å²) in [7, 11) is 0. The lowest BCUT2D eigenvalue weighted by Crippen LogP contribution is -2.39. The van der Waals surface area contributed by atoms with Crippen LogP contribution in [0.15, 0.2) is 24.3 Å². The van der Waals surface area contributed by atoms with Crippen LogP contribution in [-0.2, 0) is 6.54 Å². The first kappa shape index (κ1) is 12.1. The highest BCUT2D eigenvalue weighted by Gasteiger charge is 2.20. The van der Waals surface area contributed by atoms with Gasteiger partial charge in [0.25, 0.3) is 0 Å². The third-order valence-corrected chi connectivity index (χ3v) is 3.97. The van der Waals surface area contributed by atoms with E-state index in [1.807, 2.05) is 12.1 Å². The van der Waals surface area contributed by atoms with Gasteiger partial charge in [0.15, 0.2) is 0 Å². The molecule has 1 fully saturated rings. The molecule has 1 nitrogen and oxygen atoms in total. The minimum absolute atomic E-state index is 0.153. The van der Waals surface area contributed by atoms with Crippen LogP contribution in [0.2, 0.25) is 0 Å². The zero-order valence-electron chi connectivity index (χ0n) is 9.33. The number of hydrogen-bond acceptors (Lipinski definition) is 1. The van der Waals surface area contributed by atoms with E-state index in [0.717, 1.165) is 18.4 Å². The Morgan fingerprint density at radius 3 is 2.69 bits per heavy atom. The fourth-order valence-corrected chi connectivity index (χ4v) is 3.00. The Hall–Kier alpha value is -0.410. The van der Waals surface area contributed by atoms with Gasteiger partial charge in [0, 0.05) is 17.9 Å². The lowest BCUT2D eigenvalue weighted by Gasteiger charge is -2.34. The summed E-state index contributed by atoms with van der Waals surface area (Å²) >= 11 is 3.57. The molecule has 1 heterocycles. The Morgan fingerprint density at radius 2 is 2.00 bits per heavy atom. The Kier molecular flexibility index (Phi) is 4.36. The van der Waals surface area contributed by atoms with E-state index >= 15 is 0 Å². The molecule has 1 aliphatic heterocycles. The van der Waals surface area contributed by atoms with Gasteiger partial charge < -0.3 is 0 Å². The molecule has 0 aromatic heterocycles. The molecule has 1 atom stereocenters. The molecule has 16 heavy (non-hydrogen) atoms. The lowest BCUT2D eigenvalue weighted by atomic mass is 10.0. The molecule has 0 spiro atoms. The Balaban J connectivity index is 1.99. The van der Waals surface area contributed by atoms with Crippen molar-refractivity contribution in [1.82, 2.24) is 4.90 Å². The van der Waals surface area contributed by atoms with E-state index < -0.39 is 0 Å².